The minimum absolute atomic E-state index is 0.0440. The molecule has 0 unspecified atom stereocenters. The first-order valence-corrected chi connectivity index (χ1v) is 9.65. The lowest BCUT2D eigenvalue weighted by Crippen LogP contribution is -2.63. The summed E-state index contributed by atoms with van der Waals surface area (Å²) < 4.78 is 18.4. The maximum absolute atomic E-state index is 12.4. The number of likely N-dealkylation sites (tertiary alicyclic amines) is 1. The number of hydrogen-bond donors (Lipinski definition) is 0. The van der Waals surface area contributed by atoms with Gasteiger partial charge in [0.25, 0.3) is 0 Å². The van der Waals surface area contributed by atoms with Crippen molar-refractivity contribution in [3.05, 3.63) is 35.9 Å². The molecule has 7 heteroatoms. The normalized spacial score (nSPS) is 39.9. The molecule has 27 heavy (non-hydrogen) atoms. The smallest absolute Gasteiger partial charge is 0.219 e. The van der Waals surface area contributed by atoms with Crippen LogP contribution in [0, 0.1) is 5.92 Å². The van der Waals surface area contributed by atoms with Crippen molar-refractivity contribution in [1.29, 1.82) is 0 Å². The van der Waals surface area contributed by atoms with Crippen LogP contribution in [-0.2, 0) is 30.4 Å². The highest BCUT2D eigenvalue weighted by Crippen LogP contribution is 2.46. The Balaban J connectivity index is 1.43. The predicted molar refractivity (Wildman–Crippen MR) is 95.1 cm³/mol. The molecule has 4 aliphatic heterocycles. The molecule has 5 rings (SSSR count). The first-order valence-electron chi connectivity index (χ1n) is 9.65. The van der Waals surface area contributed by atoms with Gasteiger partial charge in [-0.3, -0.25) is 9.63 Å². The van der Waals surface area contributed by atoms with Crippen molar-refractivity contribution >= 4 is 5.91 Å². The van der Waals surface area contributed by atoms with Gasteiger partial charge in [-0.2, -0.15) is 5.06 Å². The molecule has 4 saturated heterocycles. The number of carbonyl (C=O) groups excluding carboxylic acids is 1. The fraction of sp³-hybridized carbons (Fsp3) is 0.650. The third kappa shape index (κ3) is 2.89. The quantitative estimate of drug-likeness (QED) is 0.782. The first-order chi connectivity index (χ1) is 12.9. The lowest BCUT2D eigenvalue weighted by atomic mass is 9.84. The van der Waals surface area contributed by atoms with Gasteiger partial charge in [0.15, 0.2) is 12.1 Å². The van der Waals surface area contributed by atoms with Crippen molar-refractivity contribution in [2.45, 2.75) is 63.7 Å². The van der Waals surface area contributed by atoms with E-state index in [1.807, 2.05) is 42.0 Å². The zero-order valence-corrected chi connectivity index (χ0v) is 15.9. The Morgan fingerprint density at radius 3 is 2.67 bits per heavy atom. The van der Waals surface area contributed by atoms with Gasteiger partial charge in [-0.1, -0.05) is 30.3 Å². The number of fused-ring (bicyclic) bond motifs is 5. The molecule has 1 aromatic carbocycles. The van der Waals surface area contributed by atoms with Gasteiger partial charge in [0.05, 0.1) is 18.7 Å². The molecule has 0 aromatic heterocycles. The summed E-state index contributed by atoms with van der Waals surface area (Å²) in [5, 5.41) is 2.03. The van der Waals surface area contributed by atoms with Crippen LogP contribution >= 0.6 is 0 Å². The van der Waals surface area contributed by atoms with Crippen LogP contribution in [0.15, 0.2) is 30.3 Å². The minimum atomic E-state index is -0.699. The Bertz CT molecular complexity index is 726. The van der Waals surface area contributed by atoms with E-state index in [4.69, 9.17) is 19.0 Å². The number of nitrogens with zero attached hydrogens (tertiary/aromatic N) is 2. The van der Waals surface area contributed by atoms with Crippen LogP contribution in [0.5, 0.6) is 0 Å². The molecule has 6 atom stereocenters. The van der Waals surface area contributed by atoms with Crippen LogP contribution in [0.3, 0.4) is 0 Å². The van der Waals surface area contributed by atoms with Gasteiger partial charge in [-0.15, -0.1) is 0 Å². The van der Waals surface area contributed by atoms with E-state index in [1.165, 1.54) is 5.56 Å². The number of rotatable bonds is 2. The van der Waals surface area contributed by atoms with E-state index in [0.29, 0.717) is 19.7 Å². The highest BCUT2D eigenvalue weighted by atomic mass is 16.8. The van der Waals surface area contributed by atoms with Crippen LogP contribution in [0.2, 0.25) is 0 Å². The summed E-state index contributed by atoms with van der Waals surface area (Å²) in [5.41, 5.74) is 1.19. The number of ether oxygens (including phenoxy) is 3. The summed E-state index contributed by atoms with van der Waals surface area (Å²) in [5.74, 6) is -0.441. The Labute approximate surface area is 159 Å². The number of carbonyl (C=O) groups is 1. The Morgan fingerprint density at radius 1 is 1.15 bits per heavy atom. The largest absolute Gasteiger partial charge is 0.342 e. The van der Waals surface area contributed by atoms with E-state index < -0.39 is 12.1 Å². The van der Waals surface area contributed by atoms with Crippen molar-refractivity contribution in [3.63, 3.8) is 0 Å². The van der Waals surface area contributed by atoms with Crippen LogP contribution in [-0.4, -0.2) is 65.4 Å². The summed E-state index contributed by atoms with van der Waals surface area (Å²) in [7, 11) is 0. The Morgan fingerprint density at radius 2 is 1.93 bits per heavy atom. The van der Waals surface area contributed by atoms with Crippen molar-refractivity contribution in [2.24, 2.45) is 5.92 Å². The molecule has 4 aliphatic rings. The zero-order valence-electron chi connectivity index (χ0n) is 15.9. The lowest BCUT2D eigenvalue weighted by molar-refractivity contribution is -0.235. The molecule has 7 nitrogen and oxygen atoms in total. The topological polar surface area (TPSA) is 60.5 Å². The number of hydrogen-bond acceptors (Lipinski definition) is 6. The van der Waals surface area contributed by atoms with Gasteiger partial charge < -0.3 is 19.1 Å². The second-order valence-corrected chi connectivity index (χ2v) is 8.34. The van der Waals surface area contributed by atoms with Gasteiger partial charge in [-0.25, -0.2) is 0 Å². The van der Waals surface area contributed by atoms with Gasteiger partial charge >= 0.3 is 0 Å². The fourth-order valence-corrected chi connectivity index (χ4v) is 4.98. The van der Waals surface area contributed by atoms with Gasteiger partial charge in [0.2, 0.25) is 5.91 Å². The fourth-order valence-electron chi connectivity index (χ4n) is 4.98. The molecule has 1 amide bonds. The minimum Gasteiger partial charge on any atom is -0.342 e. The van der Waals surface area contributed by atoms with Crippen LogP contribution in [0.4, 0.5) is 0 Å². The Hall–Kier alpha value is -1.51. The van der Waals surface area contributed by atoms with Gasteiger partial charge in [0.1, 0.15) is 12.2 Å². The molecular weight excluding hydrogens is 348 g/mol. The standard InChI is InChI=1S/C20H26N2O5/c1-12(23)21-10-14-11-24-22(9-13-7-5-4-6-8-13)15(14)17-16(21)18-19(25-17)27-20(2,3)26-18/h4-8,14-19H,9-11H2,1-3H3/t14-,15+,16-,17-,18-,19-/m1/s1. The van der Waals surface area contributed by atoms with Crippen LogP contribution < -0.4 is 0 Å². The number of benzene rings is 1. The summed E-state index contributed by atoms with van der Waals surface area (Å²) in [6.07, 6.45) is -0.909. The van der Waals surface area contributed by atoms with Crippen molar-refractivity contribution in [2.75, 3.05) is 13.2 Å². The predicted octanol–water partition coefficient (Wildman–Crippen LogP) is 1.53. The van der Waals surface area contributed by atoms with E-state index in [2.05, 4.69) is 12.1 Å². The van der Waals surface area contributed by atoms with E-state index in [-0.39, 0.29) is 36.1 Å². The third-order valence-corrected chi connectivity index (χ3v) is 6.04. The number of amides is 1. The monoisotopic (exact) mass is 374 g/mol. The van der Waals surface area contributed by atoms with Gasteiger partial charge in [0, 0.05) is 25.9 Å². The summed E-state index contributed by atoms with van der Waals surface area (Å²) >= 11 is 0. The third-order valence-electron chi connectivity index (χ3n) is 6.04. The summed E-state index contributed by atoms with van der Waals surface area (Å²) in [6.45, 7) is 7.32. The maximum atomic E-state index is 12.4. The van der Waals surface area contributed by atoms with E-state index in [0.717, 1.165) is 0 Å². The van der Waals surface area contributed by atoms with E-state index in [9.17, 15) is 4.79 Å². The van der Waals surface area contributed by atoms with Crippen LogP contribution in [0.25, 0.3) is 0 Å². The first kappa shape index (κ1) is 17.6. The molecule has 146 valence electrons. The van der Waals surface area contributed by atoms with Crippen molar-refractivity contribution in [3.8, 4) is 0 Å². The average molecular weight is 374 g/mol. The zero-order chi connectivity index (χ0) is 18.8. The van der Waals surface area contributed by atoms with Crippen molar-refractivity contribution in [1.82, 2.24) is 9.96 Å². The molecular formula is C20H26N2O5. The maximum Gasteiger partial charge on any atom is 0.219 e. The second-order valence-electron chi connectivity index (χ2n) is 8.34. The molecule has 0 N–H and O–H groups in total. The SMILES string of the molecule is CC(=O)N1C[C@@H]2CON(Cc3ccccc3)[C@@H]2[C@H]2O[C@@H]3OC(C)(C)O[C@@H]3[C@@H]21. The number of piperidine rings is 1. The molecule has 0 spiro atoms. The lowest BCUT2D eigenvalue weighted by Gasteiger charge is -2.45. The van der Waals surface area contributed by atoms with Crippen molar-refractivity contribution < 1.29 is 23.8 Å². The molecule has 4 heterocycles. The molecule has 4 fully saturated rings. The van der Waals surface area contributed by atoms with Gasteiger partial charge in [-0.05, 0) is 19.4 Å². The Kier molecular flexibility index (Phi) is 4.07. The molecule has 0 bridgehead atoms. The second kappa shape index (κ2) is 6.25. The highest BCUT2D eigenvalue weighted by Gasteiger charge is 2.63. The molecule has 0 radical (unpaired) electrons. The summed E-state index contributed by atoms with van der Waals surface area (Å²) in [4.78, 5) is 20.3. The summed E-state index contributed by atoms with van der Waals surface area (Å²) in [6, 6.07) is 10.2. The molecule has 0 saturated carbocycles. The highest BCUT2D eigenvalue weighted by molar-refractivity contribution is 5.74. The molecule has 0 aliphatic carbocycles. The van der Waals surface area contributed by atoms with E-state index in [1.54, 1.807) is 6.92 Å². The number of hydroxylamine groups is 2. The average Bonchev–Trinajstić information content (AvgIpc) is 3.25. The van der Waals surface area contributed by atoms with Crippen LogP contribution in [0.1, 0.15) is 26.3 Å². The van der Waals surface area contributed by atoms with E-state index >= 15 is 0 Å². The molecule has 1 aromatic rings.